The second-order valence-electron chi connectivity index (χ2n) is 4.88. The molecule has 0 fully saturated rings. The first kappa shape index (κ1) is 13.6. The second kappa shape index (κ2) is 6.35. The van der Waals surface area contributed by atoms with Crippen molar-refractivity contribution < 1.29 is 4.74 Å². The molecule has 1 aromatic carbocycles. The molecule has 106 valence electrons. The third-order valence-electron chi connectivity index (χ3n) is 3.48. The molecular weight excluding hydrogens is 260 g/mol. The van der Waals surface area contributed by atoms with Gasteiger partial charge in [0.1, 0.15) is 11.3 Å². The molecule has 0 saturated carbocycles. The number of rotatable bonds is 5. The fourth-order valence-electron chi connectivity index (χ4n) is 2.47. The van der Waals surface area contributed by atoms with Crippen LogP contribution in [0.2, 0.25) is 0 Å². The average molecular weight is 278 g/mol. The molecule has 3 rings (SSSR count). The molecule has 0 aliphatic rings. The van der Waals surface area contributed by atoms with E-state index in [1.807, 2.05) is 37.5 Å². The number of ether oxygens (including phenoxy) is 1. The van der Waals surface area contributed by atoms with Crippen molar-refractivity contribution in [3.05, 3.63) is 66.1 Å². The molecule has 3 aromatic rings. The summed E-state index contributed by atoms with van der Waals surface area (Å²) in [7, 11) is 0. The molecule has 2 heterocycles. The summed E-state index contributed by atoms with van der Waals surface area (Å²) in [5.74, 6) is 0.909. The summed E-state index contributed by atoms with van der Waals surface area (Å²) in [4.78, 5) is 8.85. The minimum Gasteiger partial charge on any atom is -0.491 e. The van der Waals surface area contributed by atoms with Crippen LogP contribution in [0.5, 0.6) is 5.75 Å². The van der Waals surface area contributed by atoms with Crippen LogP contribution in [0.1, 0.15) is 18.2 Å². The lowest BCUT2D eigenvalue weighted by Crippen LogP contribution is -2.01. The molecule has 0 radical (unpaired) electrons. The zero-order chi connectivity index (χ0) is 14.5. The number of aryl methyl sites for hydroxylation is 2. The van der Waals surface area contributed by atoms with E-state index in [0.29, 0.717) is 6.61 Å². The van der Waals surface area contributed by atoms with Gasteiger partial charge in [-0.05, 0) is 43.5 Å². The van der Waals surface area contributed by atoms with Crippen LogP contribution in [0.3, 0.4) is 0 Å². The van der Waals surface area contributed by atoms with Crippen LogP contribution < -0.4 is 4.74 Å². The van der Waals surface area contributed by atoms with E-state index in [-0.39, 0.29) is 0 Å². The highest BCUT2D eigenvalue weighted by Gasteiger charge is 2.10. The lowest BCUT2D eigenvalue weighted by Gasteiger charge is -2.12. The van der Waals surface area contributed by atoms with E-state index in [0.717, 1.165) is 35.2 Å². The molecule has 0 saturated heterocycles. The molecule has 2 aromatic heterocycles. The van der Waals surface area contributed by atoms with Gasteiger partial charge in [0.15, 0.2) is 0 Å². The molecule has 0 unspecified atom stereocenters. The molecule has 3 heteroatoms. The number of benzene rings is 1. The molecule has 0 N–H and O–H groups in total. The van der Waals surface area contributed by atoms with E-state index >= 15 is 0 Å². The molecule has 0 aliphatic heterocycles. The van der Waals surface area contributed by atoms with Gasteiger partial charge in [0, 0.05) is 23.5 Å². The van der Waals surface area contributed by atoms with Gasteiger partial charge in [-0.3, -0.25) is 9.97 Å². The van der Waals surface area contributed by atoms with Crippen LogP contribution >= 0.6 is 0 Å². The monoisotopic (exact) mass is 278 g/mol. The Balaban J connectivity index is 1.92. The van der Waals surface area contributed by atoms with Crippen molar-refractivity contribution in [3.8, 4) is 5.75 Å². The Labute approximate surface area is 124 Å². The summed E-state index contributed by atoms with van der Waals surface area (Å²) in [5.41, 5.74) is 3.23. The number of nitrogens with zero attached hydrogens (tertiary/aromatic N) is 2. The van der Waals surface area contributed by atoms with E-state index in [1.165, 1.54) is 5.56 Å². The average Bonchev–Trinajstić information content (AvgIpc) is 2.55. The maximum atomic E-state index is 5.86. The van der Waals surface area contributed by atoms with Gasteiger partial charge in [-0.1, -0.05) is 24.3 Å². The van der Waals surface area contributed by atoms with Crippen molar-refractivity contribution >= 4 is 10.9 Å². The Morgan fingerprint density at radius 3 is 2.62 bits per heavy atom. The van der Waals surface area contributed by atoms with Crippen LogP contribution in [0.15, 0.2) is 54.9 Å². The molecule has 0 atom stereocenters. The predicted octanol–water partition coefficient (Wildman–Crippen LogP) is 3.81. The Morgan fingerprint density at radius 1 is 0.905 bits per heavy atom. The highest BCUT2D eigenvalue weighted by Crippen LogP contribution is 2.29. The Morgan fingerprint density at radius 2 is 1.81 bits per heavy atom. The molecule has 21 heavy (non-hydrogen) atoms. The SMILES string of the molecule is CCOc1c(CCc2ccccn2)ccc2cccnc12. The molecule has 0 aliphatic carbocycles. The van der Waals surface area contributed by atoms with Gasteiger partial charge in [-0.15, -0.1) is 0 Å². The summed E-state index contributed by atoms with van der Waals surface area (Å²) < 4.78 is 5.86. The van der Waals surface area contributed by atoms with Crippen molar-refractivity contribution in [1.82, 2.24) is 9.97 Å². The van der Waals surface area contributed by atoms with Crippen molar-refractivity contribution in [2.45, 2.75) is 19.8 Å². The van der Waals surface area contributed by atoms with Gasteiger partial charge >= 0.3 is 0 Å². The van der Waals surface area contributed by atoms with Crippen LogP contribution in [-0.2, 0) is 12.8 Å². The smallest absolute Gasteiger partial charge is 0.148 e. The van der Waals surface area contributed by atoms with Crippen molar-refractivity contribution in [2.75, 3.05) is 6.61 Å². The van der Waals surface area contributed by atoms with Gasteiger partial charge in [0.2, 0.25) is 0 Å². The first-order chi connectivity index (χ1) is 10.4. The Bertz CT molecular complexity index is 726. The quantitative estimate of drug-likeness (QED) is 0.711. The van der Waals surface area contributed by atoms with Crippen LogP contribution in [0, 0.1) is 0 Å². The fourth-order valence-corrected chi connectivity index (χ4v) is 2.47. The van der Waals surface area contributed by atoms with Crippen molar-refractivity contribution in [2.24, 2.45) is 0 Å². The van der Waals surface area contributed by atoms with E-state index in [1.54, 1.807) is 0 Å². The third kappa shape index (κ3) is 3.02. The van der Waals surface area contributed by atoms with Crippen LogP contribution in [0.4, 0.5) is 0 Å². The maximum absolute atomic E-state index is 5.86. The van der Waals surface area contributed by atoms with Crippen LogP contribution in [-0.4, -0.2) is 16.6 Å². The molecule has 0 spiro atoms. The Hall–Kier alpha value is -2.42. The number of aromatic nitrogens is 2. The van der Waals surface area contributed by atoms with E-state index < -0.39 is 0 Å². The molecular formula is C18H18N2O. The molecule has 0 amide bonds. The summed E-state index contributed by atoms with van der Waals surface area (Å²) in [6.07, 6.45) is 5.45. The number of pyridine rings is 2. The van der Waals surface area contributed by atoms with Gasteiger partial charge < -0.3 is 4.74 Å². The minimum atomic E-state index is 0.645. The highest BCUT2D eigenvalue weighted by atomic mass is 16.5. The number of hydrogen-bond acceptors (Lipinski definition) is 3. The standard InChI is InChI=1S/C18H18N2O/c1-2-21-18-15(10-11-16-7-3-4-12-19-16)9-8-14-6-5-13-20-17(14)18/h3-9,12-13H,2,10-11H2,1H3. The number of fused-ring (bicyclic) bond motifs is 1. The first-order valence-electron chi connectivity index (χ1n) is 7.28. The summed E-state index contributed by atoms with van der Waals surface area (Å²) in [6.45, 7) is 2.65. The van der Waals surface area contributed by atoms with Gasteiger partial charge in [0.05, 0.1) is 6.61 Å². The summed E-state index contributed by atoms with van der Waals surface area (Å²) >= 11 is 0. The highest BCUT2D eigenvalue weighted by molar-refractivity contribution is 5.85. The largest absolute Gasteiger partial charge is 0.491 e. The molecule has 0 bridgehead atoms. The van der Waals surface area contributed by atoms with Crippen LogP contribution in [0.25, 0.3) is 10.9 Å². The Kier molecular flexibility index (Phi) is 4.10. The van der Waals surface area contributed by atoms with Gasteiger partial charge in [-0.2, -0.15) is 0 Å². The summed E-state index contributed by atoms with van der Waals surface area (Å²) in [6, 6.07) is 14.3. The van der Waals surface area contributed by atoms with Crippen molar-refractivity contribution in [1.29, 1.82) is 0 Å². The predicted molar refractivity (Wildman–Crippen MR) is 84.6 cm³/mol. The van der Waals surface area contributed by atoms with Gasteiger partial charge in [0.25, 0.3) is 0 Å². The third-order valence-corrected chi connectivity index (χ3v) is 3.48. The second-order valence-corrected chi connectivity index (χ2v) is 4.88. The zero-order valence-corrected chi connectivity index (χ0v) is 12.1. The van der Waals surface area contributed by atoms with E-state index in [4.69, 9.17) is 4.74 Å². The number of hydrogen-bond donors (Lipinski definition) is 0. The lowest BCUT2D eigenvalue weighted by atomic mass is 10.0. The normalized spacial score (nSPS) is 10.7. The van der Waals surface area contributed by atoms with Gasteiger partial charge in [-0.25, -0.2) is 0 Å². The molecule has 3 nitrogen and oxygen atoms in total. The lowest BCUT2D eigenvalue weighted by molar-refractivity contribution is 0.340. The minimum absolute atomic E-state index is 0.645. The van der Waals surface area contributed by atoms with Crippen molar-refractivity contribution in [3.63, 3.8) is 0 Å². The van der Waals surface area contributed by atoms with E-state index in [9.17, 15) is 0 Å². The van der Waals surface area contributed by atoms with E-state index in [2.05, 4.69) is 34.2 Å². The summed E-state index contributed by atoms with van der Waals surface area (Å²) in [5, 5.41) is 1.11. The fraction of sp³-hybridized carbons (Fsp3) is 0.222. The maximum Gasteiger partial charge on any atom is 0.148 e. The zero-order valence-electron chi connectivity index (χ0n) is 12.1. The first-order valence-corrected chi connectivity index (χ1v) is 7.28. The topological polar surface area (TPSA) is 35.0 Å².